The summed E-state index contributed by atoms with van der Waals surface area (Å²) in [4.78, 5) is 0. The van der Waals surface area contributed by atoms with Gasteiger partial charge in [-0.05, 0) is 38.1 Å². The molecule has 0 aromatic heterocycles. The SMILES string of the molecule is CCNC(C(F)F)C1CCOC2(CCOCC2)C1. The van der Waals surface area contributed by atoms with E-state index in [4.69, 9.17) is 9.47 Å². The van der Waals surface area contributed by atoms with Crippen LogP contribution in [0.3, 0.4) is 0 Å². The second kappa shape index (κ2) is 6.26. The van der Waals surface area contributed by atoms with Gasteiger partial charge >= 0.3 is 0 Å². The largest absolute Gasteiger partial charge is 0.381 e. The minimum atomic E-state index is -2.30. The Balaban J connectivity index is 1.99. The lowest BCUT2D eigenvalue weighted by Gasteiger charge is -2.45. The first kappa shape index (κ1) is 14.2. The quantitative estimate of drug-likeness (QED) is 0.843. The van der Waals surface area contributed by atoms with Crippen LogP contribution in [0.4, 0.5) is 8.78 Å². The van der Waals surface area contributed by atoms with Crippen LogP contribution in [-0.2, 0) is 9.47 Å². The van der Waals surface area contributed by atoms with Gasteiger partial charge in [0.2, 0.25) is 0 Å². The van der Waals surface area contributed by atoms with Crippen LogP contribution in [0.2, 0.25) is 0 Å². The zero-order valence-electron chi connectivity index (χ0n) is 11.0. The molecule has 0 radical (unpaired) electrons. The van der Waals surface area contributed by atoms with E-state index in [-0.39, 0.29) is 11.5 Å². The Bertz CT molecular complexity index is 252. The van der Waals surface area contributed by atoms with Crippen molar-refractivity contribution in [3.8, 4) is 0 Å². The summed E-state index contributed by atoms with van der Waals surface area (Å²) in [6.07, 6.45) is 0.838. The second-order valence-corrected chi connectivity index (χ2v) is 5.31. The lowest BCUT2D eigenvalue weighted by molar-refractivity contribution is -0.154. The van der Waals surface area contributed by atoms with E-state index in [2.05, 4.69) is 5.32 Å². The predicted octanol–water partition coefficient (Wildman–Crippen LogP) is 2.21. The number of halogens is 2. The molecule has 0 aliphatic carbocycles. The zero-order valence-corrected chi connectivity index (χ0v) is 11.0. The number of ether oxygens (including phenoxy) is 2. The summed E-state index contributed by atoms with van der Waals surface area (Å²) in [7, 11) is 0. The molecule has 0 bridgehead atoms. The first-order chi connectivity index (χ1) is 8.67. The minimum Gasteiger partial charge on any atom is -0.381 e. The smallest absolute Gasteiger partial charge is 0.253 e. The first-order valence-corrected chi connectivity index (χ1v) is 6.90. The molecule has 2 fully saturated rings. The number of rotatable bonds is 4. The van der Waals surface area contributed by atoms with Crippen LogP contribution >= 0.6 is 0 Å². The van der Waals surface area contributed by atoms with Crippen LogP contribution in [0.15, 0.2) is 0 Å². The lowest BCUT2D eigenvalue weighted by atomic mass is 9.78. The Labute approximate surface area is 107 Å². The predicted molar refractivity (Wildman–Crippen MR) is 64.9 cm³/mol. The third kappa shape index (κ3) is 3.19. The maximum atomic E-state index is 13.1. The van der Waals surface area contributed by atoms with Gasteiger partial charge in [0.05, 0.1) is 11.6 Å². The van der Waals surface area contributed by atoms with Gasteiger partial charge in [-0.3, -0.25) is 0 Å². The average Bonchev–Trinajstić information content (AvgIpc) is 2.36. The summed E-state index contributed by atoms with van der Waals surface area (Å²) in [5.41, 5.74) is -0.205. The molecule has 2 unspecified atom stereocenters. The standard InChI is InChI=1S/C13H23F2NO2/c1-2-16-11(12(14)15)10-3-6-18-13(9-10)4-7-17-8-5-13/h10-12,16H,2-9H2,1H3. The van der Waals surface area contributed by atoms with Crippen molar-refractivity contribution >= 4 is 0 Å². The molecule has 2 saturated heterocycles. The molecule has 3 nitrogen and oxygen atoms in total. The molecule has 5 heteroatoms. The molecule has 2 aliphatic heterocycles. The fourth-order valence-electron chi connectivity index (χ4n) is 3.16. The van der Waals surface area contributed by atoms with E-state index < -0.39 is 12.5 Å². The number of alkyl halides is 2. The van der Waals surface area contributed by atoms with E-state index in [0.717, 1.165) is 25.7 Å². The summed E-state index contributed by atoms with van der Waals surface area (Å²) in [5, 5.41) is 2.94. The van der Waals surface area contributed by atoms with E-state index in [1.165, 1.54) is 0 Å². The third-order valence-electron chi connectivity index (χ3n) is 4.15. The highest BCUT2D eigenvalue weighted by Gasteiger charge is 2.42. The second-order valence-electron chi connectivity index (χ2n) is 5.31. The van der Waals surface area contributed by atoms with Crippen molar-refractivity contribution in [1.29, 1.82) is 0 Å². The molecular weight excluding hydrogens is 240 g/mol. The third-order valence-corrected chi connectivity index (χ3v) is 4.15. The Morgan fingerprint density at radius 1 is 1.28 bits per heavy atom. The fourth-order valence-corrected chi connectivity index (χ4v) is 3.16. The Kier molecular flexibility index (Phi) is 4.92. The van der Waals surface area contributed by atoms with Crippen LogP contribution in [0.5, 0.6) is 0 Å². The summed E-state index contributed by atoms with van der Waals surface area (Å²) >= 11 is 0. The van der Waals surface area contributed by atoms with Crippen LogP contribution in [0.25, 0.3) is 0 Å². The molecule has 0 saturated carbocycles. The minimum absolute atomic E-state index is 0.0109. The maximum absolute atomic E-state index is 13.1. The van der Waals surface area contributed by atoms with Gasteiger partial charge in [0.1, 0.15) is 0 Å². The van der Waals surface area contributed by atoms with E-state index in [0.29, 0.717) is 26.4 Å². The topological polar surface area (TPSA) is 30.5 Å². The van der Waals surface area contributed by atoms with Gasteiger partial charge in [-0.1, -0.05) is 6.92 Å². The normalized spacial score (nSPS) is 29.7. The number of hydrogen-bond donors (Lipinski definition) is 1. The van der Waals surface area contributed by atoms with Gasteiger partial charge < -0.3 is 14.8 Å². The highest BCUT2D eigenvalue weighted by atomic mass is 19.3. The van der Waals surface area contributed by atoms with Crippen molar-refractivity contribution in [2.75, 3.05) is 26.4 Å². The van der Waals surface area contributed by atoms with Gasteiger partial charge in [-0.25, -0.2) is 8.78 Å². The molecule has 2 heterocycles. The van der Waals surface area contributed by atoms with Crippen LogP contribution in [-0.4, -0.2) is 44.4 Å². The van der Waals surface area contributed by atoms with Crippen LogP contribution in [0.1, 0.15) is 32.6 Å². The zero-order chi connectivity index (χ0) is 13.0. The molecule has 2 rings (SSSR count). The summed E-state index contributed by atoms with van der Waals surface area (Å²) in [6, 6.07) is -0.696. The molecule has 0 amide bonds. The highest BCUT2D eigenvalue weighted by Crippen LogP contribution is 2.39. The van der Waals surface area contributed by atoms with E-state index in [1.54, 1.807) is 0 Å². The van der Waals surface area contributed by atoms with E-state index in [1.807, 2.05) is 6.92 Å². The molecule has 0 aromatic carbocycles. The Hall–Kier alpha value is -0.260. The van der Waals surface area contributed by atoms with Gasteiger partial charge in [0.15, 0.2) is 0 Å². The number of nitrogens with one attached hydrogen (secondary N) is 1. The van der Waals surface area contributed by atoms with Crippen molar-refractivity contribution in [2.24, 2.45) is 5.92 Å². The van der Waals surface area contributed by atoms with Gasteiger partial charge in [0.25, 0.3) is 6.43 Å². The van der Waals surface area contributed by atoms with E-state index in [9.17, 15) is 8.78 Å². The summed E-state index contributed by atoms with van der Waals surface area (Å²) < 4.78 is 37.4. The maximum Gasteiger partial charge on any atom is 0.253 e. The van der Waals surface area contributed by atoms with Gasteiger partial charge in [-0.2, -0.15) is 0 Å². The van der Waals surface area contributed by atoms with Crippen molar-refractivity contribution in [1.82, 2.24) is 5.32 Å². The fraction of sp³-hybridized carbons (Fsp3) is 1.00. The summed E-state index contributed by atoms with van der Waals surface area (Å²) in [6.45, 7) is 4.43. The molecule has 0 aromatic rings. The monoisotopic (exact) mass is 263 g/mol. The molecule has 18 heavy (non-hydrogen) atoms. The number of hydrogen-bond acceptors (Lipinski definition) is 3. The van der Waals surface area contributed by atoms with Gasteiger partial charge in [-0.15, -0.1) is 0 Å². The molecule has 1 spiro atoms. The van der Waals surface area contributed by atoms with Crippen molar-refractivity contribution in [2.45, 2.75) is 50.7 Å². The van der Waals surface area contributed by atoms with Crippen LogP contribution < -0.4 is 5.32 Å². The Morgan fingerprint density at radius 3 is 2.61 bits per heavy atom. The summed E-state index contributed by atoms with van der Waals surface area (Å²) in [5.74, 6) is 0.0109. The first-order valence-electron chi connectivity index (χ1n) is 6.90. The average molecular weight is 263 g/mol. The van der Waals surface area contributed by atoms with Crippen molar-refractivity contribution in [3.63, 3.8) is 0 Å². The molecule has 106 valence electrons. The molecule has 2 aliphatic rings. The van der Waals surface area contributed by atoms with Gasteiger partial charge in [0, 0.05) is 19.8 Å². The van der Waals surface area contributed by atoms with Crippen LogP contribution in [0, 0.1) is 5.92 Å². The lowest BCUT2D eigenvalue weighted by Crippen LogP contribution is -2.51. The molecule has 2 atom stereocenters. The van der Waals surface area contributed by atoms with Crippen molar-refractivity contribution in [3.05, 3.63) is 0 Å². The van der Waals surface area contributed by atoms with Crippen molar-refractivity contribution < 1.29 is 18.3 Å². The molecule has 1 N–H and O–H groups in total. The molecular formula is C13H23F2NO2. The van der Waals surface area contributed by atoms with E-state index >= 15 is 0 Å². The highest BCUT2D eigenvalue weighted by molar-refractivity contribution is 4.93. The Morgan fingerprint density at radius 2 is 2.00 bits per heavy atom.